The summed E-state index contributed by atoms with van der Waals surface area (Å²) in [5, 5.41) is 7.12. The summed E-state index contributed by atoms with van der Waals surface area (Å²) in [6, 6.07) is 0. The molecule has 2 amide bonds. The van der Waals surface area contributed by atoms with E-state index in [4.69, 9.17) is 10.5 Å². The first-order chi connectivity index (χ1) is 12.7. The van der Waals surface area contributed by atoms with E-state index >= 15 is 0 Å². The van der Waals surface area contributed by atoms with E-state index in [1.807, 2.05) is 20.8 Å². The minimum Gasteiger partial charge on any atom is -0.372 e. The zero-order chi connectivity index (χ0) is 19.6. The first kappa shape index (κ1) is 22.6. The van der Waals surface area contributed by atoms with Crippen LogP contribution in [-0.4, -0.2) is 57.3 Å². The molecule has 1 aromatic rings. The lowest BCUT2D eigenvalue weighted by Gasteiger charge is -2.37. The molecule has 3 rings (SSSR count). The highest BCUT2D eigenvalue weighted by Gasteiger charge is 2.37. The Hall–Kier alpha value is -1.64. The van der Waals surface area contributed by atoms with E-state index < -0.39 is 5.54 Å². The summed E-state index contributed by atoms with van der Waals surface area (Å²) in [6.45, 7) is 7.20. The smallest absolute Gasteiger partial charge is 0.244 e. The van der Waals surface area contributed by atoms with Crippen LogP contribution in [0.3, 0.4) is 0 Å². The molecule has 0 radical (unpaired) electrons. The van der Waals surface area contributed by atoms with Gasteiger partial charge in [-0.05, 0) is 33.6 Å². The summed E-state index contributed by atoms with van der Waals surface area (Å²) >= 11 is 0. The van der Waals surface area contributed by atoms with Crippen molar-refractivity contribution in [2.75, 3.05) is 18.4 Å². The van der Waals surface area contributed by atoms with Crippen molar-refractivity contribution < 1.29 is 14.3 Å². The average molecular weight is 414 g/mol. The number of halogens is 1. The number of nitrogens with zero attached hydrogens (tertiary/aromatic N) is 3. The fourth-order valence-electron chi connectivity index (χ4n) is 4.15. The molecule has 2 aliphatic rings. The van der Waals surface area contributed by atoms with Crippen molar-refractivity contribution in [3.05, 3.63) is 12.4 Å². The van der Waals surface area contributed by atoms with Gasteiger partial charge in [-0.3, -0.25) is 14.3 Å². The van der Waals surface area contributed by atoms with Gasteiger partial charge < -0.3 is 20.7 Å². The van der Waals surface area contributed by atoms with Crippen LogP contribution in [0.15, 0.2) is 12.4 Å². The molecule has 8 nitrogen and oxygen atoms in total. The van der Waals surface area contributed by atoms with Crippen molar-refractivity contribution in [1.82, 2.24) is 14.7 Å². The van der Waals surface area contributed by atoms with Crippen molar-refractivity contribution in [2.24, 2.45) is 11.7 Å². The molecule has 28 heavy (non-hydrogen) atoms. The number of nitrogens with one attached hydrogen (secondary N) is 1. The summed E-state index contributed by atoms with van der Waals surface area (Å²) in [6.07, 6.45) is 7.09. The lowest BCUT2D eigenvalue weighted by atomic mass is 9.74. The van der Waals surface area contributed by atoms with Crippen LogP contribution in [0, 0.1) is 5.92 Å². The number of carbonyl (C=O) groups excluding carboxylic acids is 2. The second-order valence-corrected chi connectivity index (χ2v) is 8.28. The van der Waals surface area contributed by atoms with Gasteiger partial charge in [-0.15, -0.1) is 12.4 Å². The fraction of sp³-hybridized carbons (Fsp3) is 0.737. The molecule has 0 bridgehead atoms. The van der Waals surface area contributed by atoms with E-state index in [-0.39, 0.29) is 48.9 Å². The molecule has 158 valence electrons. The van der Waals surface area contributed by atoms with E-state index in [1.54, 1.807) is 22.0 Å². The predicted molar refractivity (Wildman–Crippen MR) is 109 cm³/mol. The predicted octanol–water partition coefficient (Wildman–Crippen LogP) is 1.79. The summed E-state index contributed by atoms with van der Waals surface area (Å²) in [5.74, 6) is -0.270. The topological polar surface area (TPSA) is 102 Å². The van der Waals surface area contributed by atoms with Gasteiger partial charge >= 0.3 is 0 Å². The molecular weight excluding hydrogens is 382 g/mol. The molecule has 9 heteroatoms. The van der Waals surface area contributed by atoms with E-state index in [1.165, 1.54) is 0 Å². The first-order valence-electron chi connectivity index (χ1n) is 9.80. The Kier molecular flexibility index (Phi) is 7.47. The van der Waals surface area contributed by atoms with Crippen LogP contribution in [0.25, 0.3) is 0 Å². The molecular formula is C19H32ClN5O3. The van der Waals surface area contributed by atoms with Crippen molar-refractivity contribution in [3.63, 3.8) is 0 Å². The van der Waals surface area contributed by atoms with Gasteiger partial charge in [0.15, 0.2) is 0 Å². The van der Waals surface area contributed by atoms with Gasteiger partial charge in [0, 0.05) is 24.8 Å². The van der Waals surface area contributed by atoms with E-state index in [2.05, 4.69) is 10.4 Å². The third kappa shape index (κ3) is 5.46. The van der Waals surface area contributed by atoms with Crippen molar-refractivity contribution in [1.29, 1.82) is 0 Å². The van der Waals surface area contributed by atoms with Gasteiger partial charge in [-0.1, -0.05) is 12.8 Å². The molecule has 4 atom stereocenters. The normalized spacial score (nSPS) is 30.4. The number of ether oxygens (including phenoxy) is 1. The highest BCUT2D eigenvalue weighted by molar-refractivity contribution is 5.93. The molecule has 3 N–H and O–H groups in total. The third-order valence-corrected chi connectivity index (χ3v) is 5.54. The molecule has 1 saturated heterocycles. The van der Waals surface area contributed by atoms with E-state index in [9.17, 15) is 9.59 Å². The fourth-order valence-corrected chi connectivity index (χ4v) is 4.15. The van der Waals surface area contributed by atoms with Crippen molar-refractivity contribution >= 4 is 29.9 Å². The van der Waals surface area contributed by atoms with Crippen molar-refractivity contribution in [2.45, 2.75) is 70.7 Å². The van der Waals surface area contributed by atoms with Crippen LogP contribution in [-0.2, 0) is 20.9 Å². The number of hydrogen-bond acceptors (Lipinski definition) is 5. The zero-order valence-corrected chi connectivity index (χ0v) is 17.7. The van der Waals surface area contributed by atoms with Crippen LogP contribution in [0.1, 0.15) is 46.5 Å². The summed E-state index contributed by atoms with van der Waals surface area (Å²) in [4.78, 5) is 27.0. The Balaban J connectivity index is 0.00000280. The number of amides is 2. The molecule has 1 aliphatic heterocycles. The molecule has 1 aromatic heterocycles. The molecule has 2 heterocycles. The minimum atomic E-state index is -0.474. The number of hydrogen-bond donors (Lipinski definition) is 2. The zero-order valence-electron chi connectivity index (χ0n) is 16.9. The maximum Gasteiger partial charge on any atom is 0.244 e. The summed E-state index contributed by atoms with van der Waals surface area (Å²) in [5.41, 5.74) is 6.43. The maximum atomic E-state index is 12.6. The molecule has 0 aromatic carbocycles. The number of anilines is 1. The van der Waals surface area contributed by atoms with Gasteiger partial charge in [-0.2, -0.15) is 5.10 Å². The quantitative estimate of drug-likeness (QED) is 0.783. The van der Waals surface area contributed by atoms with Crippen LogP contribution < -0.4 is 11.1 Å². The number of rotatable bonds is 4. The van der Waals surface area contributed by atoms with Gasteiger partial charge in [0.2, 0.25) is 11.8 Å². The van der Waals surface area contributed by atoms with E-state index in [0.717, 1.165) is 25.7 Å². The summed E-state index contributed by atoms with van der Waals surface area (Å²) < 4.78 is 7.23. The molecule has 1 aliphatic carbocycles. The van der Waals surface area contributed by atoms with Crippen LogP contribution >= 0.6 is 12.4 Å². The lowest BCUT2D eigenvalue weighted by Crippen LogP contribution is -2.51. The SMILES string of the molecule is CC1CN(C(=O)Cn2cc(NC(=O)C3CCCCC3(C)N)cn2)CC(C)O1.Cl. The second-order valence-electron chi connectivity index (χ2n) is 8.28. The Bertz CT molecular complexity index is 683. The highest BCUT2D eigenvalue weighted by Crippen LogP contribution is 2.32. The molecule has 0 spiro atoms. The minimum absolute atomic E-state index is 0. The molecule has 2 fully saturated rings. The standard InChI is InChI=1S/C19H31N5O3.ClH/c1-13-9-23(10-14(2)27-13)17(25)12-24-11-15(8-21-24)22-18(26)16-6-4-5-7-19(16,3)20;/h8,11,13-14,16H,4-7,9-10,12,20H2,1-3H3,(H,22,26);1H. The number of aromatic nitrogens is 2. The monoisotopic (exact) mass is 413 g/mol. The Morgan fingerprint density at radius 2 is 2.00 bits per heavy atom. The number of carbonyl (C=O) groups is 2. The van der Waals surface area contributed by atoms with Gasteiger partial charge in [-0.25, -0.2) is 0 Å². The molecule has 1 saturated carbocycles. The number of nitrogens with two attached hydrogens (primary N) is 1. The van der Waals surface area contributed by atoms with Gasteiger partial charge in [0.05, 0.1) is 30.0 Å². The van der Waals surface area contributed by atoms with Crippen LogP contribution in [0.5, 0.6) is 0 Å². The second kappa shape index (κ2) is 9.24. The maximum absolute atomic E-state index is 12.6. The third-order valence-electron chi connectivity index (χ3n) is 5.54. The van der Waals surface area contributed by atoms with Gasteiger partial charge in [0.1, 0.15) is 6.54 Å². The van der Waals surface area contributed by atoms with Gasteiger partial charge in [0.25, 0.3) is 0 Å². The largest absolute Gasteiger partial charge is 0.372 e. The van der Waals surface area contributed by atoms with E-state index in [0.29, 0.717) is 18.8 Å². The lowest BCUT2D eigenvalue weighted by molar-refractivity contribution is -0.144. The number of morpholine rings is 1. The van der Waals surface area contributed by atoms with Crippen LogP contribution in [0.2, 0.25) is 0 Å². The molecule has 4 unspecified atom stereocenters. The Morgan fingerprint density at radius 1 is 1.32 bits per heavy atom. The Morgan fingerprint density at radius 3 is 2.64 bits per heavy atom. The average Bonchev–Trinajstić information content (AvgIpc) is 3.00. The highest BCUT2D eigenvalue weighted by atomic mass is 35.5. The van der Waals surface area contributed by atoms with Crippen LogP contribution in [0.4, 0.5) is 5.69 Å². The summed E-state index contributed by atoms with van der Waals surface area (Å²) in [7, 11) is 0. The Labute approximate surface area is 172 Å². The first-order valence-corrected chi connectivity index (χ1v) is 9.80. The van der Waals surface area contributed by atoms with Crippen molar-refractivity contribution in [3.8, 4) is 0 Å².